The van der Waals surface area contributed by atoms with Crippen molar-refractivity contribution in [1.29, 1.82) is 0 Å². The van der Waals surface area contributed by atoms with Crippen LogP contribution in [0, 0.1) is 0 Å². The Kier molecular flexibility index (Phi) is 7.76. The van der Waals surface area contributed by atoms with Crippen LogP contribution < -0.4 is 0 Å². The van der Waals surface area contributed by atoms with E-state index in [0.29, 0.717) is 0 Å². The Hall–Kier alpha value is -1.58. The van der Waals surface area contributed by atoms with Crippen LogP contribution >= 0.6 is 0 Å². The number of hydrogen-bond donors (Lipinski definition) is 0. The number of ether oxygens (including phenoxy) is 2. The highest BCUT2D eigenvalue weighted by Crippen LogP contribution is 1.95. The molecule has 0 radical (unpaired) electrons. The van der Waals surface area contributed by atoms with E-state index in [1.54, 1.807) is 12.2 Å². The van der Waals surface area contributed by atoms with Crippen LogP contribution in [0.4, 0.5) is 0 Å². The summed E-state index contributed by atoms with van der Waals surface area (Å²) < 4.78 is 9.64. The maximum absolute atomic E-state index is 11.2. The van der Waals surface area contributed by atoms with Gasteiger partial charge in [-0.3, -0.25) is 9.59 Å². The summed E-state index contributed by atoms with van der Waals surface area (Å²) in [6, 6.07) is 0. The summed E-state index contributed by atoms with van der Waals surface area (Å²) in [6.07, 6.45) is 3.20. The molecule has 0 aromatic heterocycles. The molecule has 0 aliphatic carbocycles. The molecule has 0 bridgehead atoms. The third kappa shape index (κ3) is 10.7. The fraction of sp³-hybridized carbons (Fsp3) is 0.538. The van der Waals surface area contributed by atoms with Crippen molar-refractivity contribution in [2.75, 3.05) is 13.2 Å². The molecular formula is C13H20O4. The van der Waals surface area contributed by atoms with Crippen LogP contribution in [-0.2, 0) is 19.1 Å². The first-order valence-corrected chi connectivity index (χ1v) is 5.49. The van der Waals surface area contributed by atoms with Gasteiger partial charge in [0.1, 0.15) is 19.6 Å². The van der Waals surface area contributed by atoms with E-state index in [0.717, 1.165) is 11.1 Å². The Bertz CT molecular complexity index is 286. The molecule has 0 rings (SSSR count). The summed E-state index contributed by atoms with van der Waals surface area (Å²) in [5, 5.41) is 0. The van der Waals surface area contributed by atoms with Crippen LogP contribution in [0.15, 0.2) is 23.3 Å². The second kappa shape index (κ2) is 8.56. The molecular weight excluding hydrogens is 220 g/mol. The third-order valence-electron chi connectivity index (χ3n) is 1.76. The Labute approximate surface area is 102 Å². The van der Waals surface area contributed by atoms with Crippen molar-refractivity contribution >= 4 is 11.9 Å². The molecule has 96 valence electrons. The number of allylic oxidation sites excluding steroid dienone is 2. The lowest BCUT2D eigenvalue weighted by Crippen LogP contribution is -2.14. The van der Waals surface area contributed by atoms with Crippen molar-refractivity contribution in [2.24, 2.45) is 0 Å². The molecule has 0 N–H and O–H groups in total. The maximum Gasteiger partial charge on any atom is 0.317 e. The number of rotatable bonds is 6. The van der Waals surface area contributed by atoms with E-state index in [-0.39, 0.29) is 19.6 Å². The van der Waals surface area contributed by atoms with Crippen LogP contribution in [-0.4, -0.2) is 25.2 Å². The molecule has 0 aromatic rings. The van der Waals surface area contributed by atoms with E-state index in [9.17, 15) is 9.59 Å². The zero-order valence-corrected chi connectivity index (χ0v) is 10.9. The summed E-state index contributed by atoms with van der Waals surface area (Å²) in [5.41, 5.74) is 2.12. The lowest BCUT2D eigenvalue weighted by atomic mass is 10.3. The van der Waals surface area contributed by atoms with Crippen molar-refractivity contribution in [1.82, 2.24) is 0 Å². The average Bonchev–Trinajstić information content (AvgIpc) is 2.15. The van der Waals surface area contributed by atoms with Gasteiger partial charge in [-0.05, 0) is 39.8 Å². The molecule has 0 aliphatic heterocycles. The second-order valence-electron chi connectivity index (χ2n) is 4.11. The van der Waals surface area contributed by atoms with E-state index in [1.807, 2.05) is 27.7 Å². The molecule has 0 unspecified atom stereocenters. The van der Waals surface area contributed by atoms with Gasteiger partial charge < -0.3 is 9.47 Å². The quantitative estimate of drug-likeness (QED) is 0.406. The highest BCUT2D eigenvalue weighted by molar-refractivity contribution is 5.91. The first-order valence-electron chi connectivity index (χ1n) is 5.49. The number of carbonyl (C=O) groups is 2. The molecule has 0 amide bonds. The van der Waals surface area contributed by atoms with Crippen molar-refractivity contribution in [2.45, 2.75) is 34.1 Å². The Morgan fingerprint density at radius 3 is 1.47 bits per heavy atom. The average molecular weight is 240 g/mol. The van der Waals surface area contributed by atoms with Gasteiger partial charge in [-0.1, -0.05) is 11.1 Å². The van der Waals surface area contributed by atoms with E-state index < -0.39 is 11.9 Å². The highest BCUT2D eigenvalue weighted by atomic mass is 16.6. The van der Waals surface area contributed by atoms with Crippen molar-refractivity contribution in [3.63, 3.8) is 0 Å². The van der Waals surface area contributed by atoms with Gasteiger partial charge in [-0.2, -0.15) is 0 Å². The highest BCUT2D eigenvalue weighted by Gasteiger charge is 2.10. The molecule has 0 heterocycles. The summed E-state index contributed by atoms with van der Waals surface area (Å²) in [4.78, 5) is 22.3. The monoisotopic (exact) mass is 240 g/mol. The van der Waals surface area contributed by atoms with Crippen LogP contribution in [0.2, 0.25) is 0 Å². The van der Waals surface area contributed by atoms with E-state index >= 15 is 0 Å². The minimum atomic E-state index is -0.565. The van der Waals surface area contributed by atoms with Gasteiger partial charge in [0.25, 0.3) is 0 Å². The van der Waals surface area contributed by atoms with Gasteiger partial charge >= 0.3 is 11.9 Å². The number of hydrogen-bond acceptors (Lipinski definition) is 4. The first-order chi connectivity index (χ1) is 7.91. The normalized spacial score (nSPS) is 9.18. The van der Waals surface area contributed by atoms with Crippen molar-refractivity contribution in [3.05, 3.63) is 23.3 Å². The van der Waals surface area contributed by atoms with Gasteiger partial charge in [-0.15, -0.1) is 0 Å². The second-order valence-corrected chi connectivity index (χ2v) is 4.11. The van der Waals surface area contributed by atoms with E-state index in [2.05, 4.69) is 0 Å². The lowest BCUT2D eigenvalue weighted by molar-refractivity contribution is -0.153. The smallest absolute Gasteiger partial charge is 0.317 e. The van der Waals surface area contributed by atoms with Gasteiger partial charge in [0.05, 0.1) is 0 Å². The van der Waals surface area contributed by atoms with Crippen molar-refractivity contribution in [3.8, 4) is 0 Å². The predicted molar refractivity (Wildman–Crippen MR) is 65.4 cm³/mol. The van der Waals surface area contributed by atoms with E-state index in [1.165, 1.54) is 0 Å². The maximum atomic E-state index is 11.2. The third-order valence-corrected chi connectivity index (χ3v) is 1.76. The summed E-state index contributed by atoms with van der Waals surface area (Å²) in [7, 11) is 0. The first kappa shape index (κ1) is 15.4. The molecule has 0 spiro atoms. The standard InChI is InChI=1S/C13H20O4/c1-10(2)5-7-16-12(14)9-13(15)17-8-6-11(3)4/h5-6H,7-9H2,1-4H3. The Morgan fingerprint density at radius 1 is 0.824 bits per heavy atom. The van der Waals surface area contributed by atoms with Gasteiger partial charge in [0.15, 0.2) is 0 Å². The van der Waals surface area contributed by atoms with Gasteiger partial charge in [0, 0.05) is 0 Å². The zero-order chi connectivity index (χ0) is 13.3. The van der Waals surface area contributed by atoms with Crippen LogP contribution in [0.3, 0.4) is 0 Å². The molecule has 0 atom stereocenters. The molecule has 4 nitrogen and oxygen atoms in total. The molecule has 0 saturated carbocycles. The van der Waals surface area contributed by atoms with Crippen LogP contribution in [0.1, 0.15) is 34.1 Å². The van der Waals surface area contributed by atoms with Gasteiger partial charge in [0.2, 0.25) is 0 Å². The minimum absolute atomic E-state index is 0.197. The predicted octanol–water partition coefficient (Wildman–Crippen LogP) is 2.40. The largest absolute Gasteiger partial charge is 0.461 e. The molecule has 0 aromatic carbocycles. The van der Waals surface area contributed by atoms with Gasteiger partial charge in [-0.25, -0.2) is 0 Å². The van der Waals surface area contributed by atoms with Crippen LogP contribution in [0.25, 0.3) is 0 Å². The Balaban J connectivity index is 3.77. The summed E-state index contributed by atoms with van der Waals surface area (Å²) >= 11 is 0. The molecule has 0 fully saturated rings. The lowest BCUT2D eigenvalue weighted by Gasteiger charge is -2.03. The molecule has 17 heavy (non-hydrogen) atoms. The zero-order valence-electron chi connectivity index (χ0n) is 10.9. The van der Waals surface area contributed by atoms with E-state index in [4.69, 9.17) is 9.47 Å². The molecule has 4 heteroatoms. The SMILES string of the molecule is CC(C)=CCOC(=O)CC(=O)OCC=C(C)C. The number of carbonyl (C=O) groups excluding carboxylic acids is 2. The molecule has 0 aliphatic rings. The minimum Gasteiger partial charge on any atom is -0.461 e. The topological polar surface area (TPSA) is 52.6 Å². The molecule has 0 saturated heterocycles. The number of esters is 2. The summed E-state index contributed by atoms with van der Waals surface area (Å²) in [5.74, 6) is -1.13. The van der Waals surface area contributed by atoms with Crippen molar-refractivity contribution < 1.29 is 19.1 Å². The van der Waals surface area contributed by atoms with Crippen LogP contribution in [0.5, 0.6) is 0 Å². The summed E-state index contributed by atoms with van der Waals surface area (Å²) in [6.45, 7) is 8.01. The fourth-order valence-corrected chi connectivity index (χ4v) is 0.822. The Morgan fingerprint density at radius 2 is 1.18 bits per heavy atom. The fourth-order valence-electron chi connectivity index (χ4n) is 0.822.